The molecule has 2 aromatic rings. The van der Waals surface area contributed by atoms with Gasteiger partial charge in [0.05, 0.1) is 10.6 Å². The van der Waals surface area contributed by atoms with Crippen molar-refractivity contribution in [2.75, 3.05) is 7.05 Å². The van der Waals surface area contributed by atoms with E-state index in [0.717, 1.165) is 5.69 Å². The van der Waals surface area contributed by atoms with Crippen molar-refractivity contribution in [1.29, 1.82) is 0 Å². The maximum absolute atomic E-state index is 11.5. The van der Waals surface area contributed by atoms with Gasteiger partial charge in [-0.3, -0.25) is 4.79 Å². The fraction of sp³-hybridized carbons (Fsp3) is 0.167. The Kier molecular flexibility index (Phi) is 3.60. The number of nitrogens with zero attached hydrogens (tertiary/aromatic N) is 2. The van der Waals surface area contributed by atoms with Crippen LogP contribution in [0, 0.1) is 6.92 Å². The molecule has 1 aromatic heterocycles. The zero-order valence-electron chi connectivity index (χ0n) is 11.0. The number of rotatable bonds is 3. The highest BCUT2D eigenvalue weighted by molar-refractivity contribution is 7.89. The average Bonchev–Trinajstić information content (AvgIpc) is 2.79. The van der Waals surface area contributed by atoms with Gasteiger partial charge in [0, 0.05) is 12.7 Å². The van der Waals surface area contributed by atoms with E-state index in [4.69, 9.17) is 5.14 Å². The van der Waals surface area contributed by atoms with Crippen LogP contribution in [-0.2, 0) is 10.0 Å². The van der Waals surface area contributed by atoms with Crippen molar-refractivity contribution in [2.45, 2.75) is 11.8 Å². The third-order valence-corrected chi connectivity index (χ3v) is 3.69. The van der Waals surface area contributed by atoms with Gasteiger partial charge in [0.25, 0.3) is 5.91 Å². The molecule has 0 bridgehead atoms. The highest BCUT2D eigenvalue weighted by Gasteiger charge is 2.13. The Bertz CT molecular complexity index is 748. The van der Waals surface area contributed by atoms with Crippen LogP contribution in [0.2, 0.25) is 0 Å². The molecular weight excluding hydrogens is 280 g/mol. The van der Waals surface area contributed by atoms with Gasteiger partial charge in [-0.25, -0.2) is 18.2 Å². The minimum atomic E-state index is -3.72. The quantitative estimate of drug-likeness (QED) is 0.842. The third-order valence-electron chi connectivity index (χ3n) is 2.76. The van der Waals surface area contributed by atoms with E-state index < -0.39 is 10.0 Å². The summed E-state index contributed by atoms with van der Waals surface area (Å²) in [5, 5.41) is 11.7. The number of nitrogens with two attached hydrogens (primary N) is 1. The van der Waals surface area contributed by atoms with Crippen molar-refractivity contribution in [3.63, 3.8) is 0 Å². The Hall–Kier alpha value is -2.19. The molecule has 1 aromatic carbocycles. The van der Waals surface area contributed by atoms with Crippen LogP contribution in [0.5, 0.6) is 0 Å². The van der Waals surface area contributed by atoms with Crippen LogP contribution in [0.1, 0.15) is 16.2 Å². The van der Waals surface area contributed by atoms with Crippen LogP contribution in [0.4, 0.5) is 0 Å². The number of carbonyl (C=O) groups excluding carboxylic acids is 1. The summed E-state index contributed by atoms with van der Waals surface area (Å²) in [5.41, 5.74) is 1.69. The van der Waals surface area contributed by atoms with E-state index in [1.807, 2.05) is 0 Å². The second-order valence-electron chi connectivity index (χ2n) is 4.20. The first-order chi connectivity index (χ1) is 9.32. The van der Waals surface area contributed by atoms with Gasteiger partial charge in [-0.05, 0) is 37.3 Å². The molecule has 0 saturated carbocycles. The Morgan fingerprint density at radius 3 is 2.40 bits per heavy atom. The van der Waals surface area contributed by atoms with Crippen LogP contribution in [0.3, 0.4) is 0 Å². The minimum Gasteiger partial charge on any atom is -0.354 e. The van der Waals surface area contributed by atoms with E-state index in [2.05, 4.69) is 10.4 Å². The van der Waals surface area contributed by atoms with E-state index in [-0.39, 0.29) is 10.8 Å². The molecule has 0 saturated heterocycles. The number of amides is 1. The lowest BCUT2D eigenvalue weighted by Crippen LogP contribution is -2.18. The standard InChI is InChI=1S/C12H14N4O3S/c1-8-7-11(12(17)14-2)15-16(8)9-3-5-10(6-4-9)20(13,18)19/h3-7H,1-2H3,(H,14,17)(H2,13,18,19). The van der Waals surface area contributed by atoms with Crippen molar-refractivity contribution >= 4 is 15.9 Å². The molecule has 0 radical (unpaired) electrons. The molecule has 0 unspecified atom stereocenters. The van der Waals surface area contributed by atoms with Gasteiger partial charge in [0.1, 0.15) is 0 Å². The van der Waals surface area contributed by atoms with Crippen molar-refractivity contribution in [3.05, 3.63) is 41.7 Å². The normalized spacial score (nSPS) is 11.3. The summed E-state index contributed by atoms with van der Waals surface area (Å²) in [5.74, 6) is -0.284. The SMILES string of the molecule is CNC(=O)c1cc(C)n(-c2ccc(S(N)(=O)=O)cc2)n1. The topological polar surface area (TPSA) is 107 Å². The zero-order valence-corrected chi connectivity index (χ0v) is 11.8. The monoisotopic (exact) mass is 294 g/mol. The van der Waals surface area contributed by atoms with Gasteiger partial charge in [-0.2, -0.15) is 5.10 Å². The number of benzene rings is 1. The van der Waals surface area contributed by atoms with E-state index in [9.17, 15) is 13.2 Å². The molecule has 0 fully saturated rings. The Labute approximate surface area is 116 Å². The largest absolute Gasteiger partial charge is 0.354 e. The summed E-state index contributed by atoms with van der Waals surface area (Å²) in [7, 11) is -2.19. The zero-order chi connectivity index (χ0) is 14.9. The van der Waals surface area contributed by atoms with E-state index >= 15 is 0 Å². The molecular formula is C12H14N4O3S. The predicted octanol–water partition coefficient (Wildman–Crippen LogP) is 0.188. The van der Waals surface area contributed by atoms with Gasteiger partial charge >= 0.3 is 0 Å². The first-order valence-electron chi connectivity index (χ1n) is 5.75. The number of primary sulfonamides is 1. The number of hydrogen-bond acceptors (Lipinski definition) is 4. The van der Waals surface area contributed by atoms with Crippen LogP contribution in [-0.4, -0.2) is 31.2 Å². The lowest BCUT2D eigenvalue weighted by atomic mass is 10.3. The first-order valence-corrected chi connectivity index (χ1v) is 7.29. The summed E-state index contributed by atoms with van der Waals surface area (Å²) < 4.78 is 23.9. The smallest absolute Gasteiger partial charge is 0.271 e. The van der Waals surface area contributed by atoms with Crippen molar-refractivity contribution in [1.82, 2.24) is 15.1 Å². The lowest BCUT2D eigenvalue weighted by molar-refractivity contribution is 0.0957. The van der Waals surface area contributed by atoms with Gasteiger partial charge in [-0.15, -0.1) is 0 Å². The Morgan fingerprint density at radius 1 is 1.30 bits per heavy atom. The molecule has 2 rings (SSSR count). The second-order valence-corrected chi connectivity index (χ2v) is 5.76. The summed E-state index contributed by atoms with van der Waals surface area (Å²) >= 11 is 0. The Balaban J connectivity index is 2.42. The fourth-order valence-electron chi connectivity index (χ4n) is 1.75. The summed E-state index contributed by atoms with van der Waals surface area (Å²) in [6.45, 7) is 1.80. The van der Waals surface area contributed by atoms with E-state index in [0.29, 0.717) is 11.4 Å². The number of carbonyl (C=O) groups is 1. The van der Waals surface area contributed by atoms with Gasteiger partial charge in [0.2, 0.25) is 10.0 Å². The number of nitrogens with one attached hydrogen (secondary N) is 1. The third kappa shape index (κ3) is 2.70. The molecule has 106 valence electrons. The molecule has 7 nitrogen and oxygen atoms in total. The molecule has 0 spiro atoms. The van der Waals surface area contributed by atoms with Crippen molar-refractivity contribution in [2.24, 2.45) is 5.14 Å². The Morgan fingerprint density at radius 2 is 1.90 bits per heavy atom. The van der Waals surface area contributed by atoms with Gasteiger partial charge in [0.15, 0.2) is 5.69 Å². The fourth-order valence-corrected chi connectivity index (χ4v) is 2.27. The molecule has 0 aliphatic rings. The summed E-state index contributed by atoms with van der Waals surface area (Å²) in [6.07, 6.45) is 0. The van der Waals surface area contributed by atoms with Crippen LogP contribution >= 0.6 is 0 Å². The molecule has 8 heteroatoms. The maximum atomic E-state index is 11.5. The average molecular weight is 294 g/mol. The molecule has 3 N–H and O–H groups in total. The molecule has 20 heavy (non-hydrogen) atoms. The van der Waals surface area contributed by atoms with Crippen LogP contribution < -0.4 is 10.5 Å². The van der Waals surface area contributed by atoms with Gasteiger partial charge in [-0.1, -0.05) is 0 Å². The maximum Gasteiger partial charge on any atom is 0.271 e. The molecule has 0 aliphatic heterocycles. The number of aryl methyl sites for hydroxylation is 1. The molecule has 1 amide bonds. The molecule has 0 aliphatic carbocycles. The number of hydrogen-bond donors (Lipinski definition) is 2. The highest BCUT2D eigenvalue weighted by Crippen LogP contribution is 2.15. The summed E-state index contributed by atoms with van der Waals surface area (Å²) in [4.78, 5) is 11.5. The van der Waals surface area contributed by atoms with E-state index in [1.165, 1.54) is 19.2 Å². The number of sulfonamides is 1. The molecule has 1 heterocycles. The predicted molar refractivity (Wildman–Crippen MR) is 73.1 cm³/mol. The molecule has 0 atom stereocenters. The van der Waals surface area contributed by atoms with Crippen molar-refractivity contribution in [3.8, 4) is 5.69 Å². The van der Waals surface area contributed by atoms with Gasteiger partial charge < -0.3 is 5.32 Å². The number of aromatic nitrogens is 2. The van der Waals surface area contributed by atoms with E-state index in [1.54, 1.807) is 29.8 Å². The second kappa shape index (κ2) is 5.06. The first kappa shape index (κ1) is 14.2. The van der Waals surface area contributed by atoms with Crippen LogP contribution in [0.15, 0.2) is 35.2 Å². The van der Waals surface area contributed by atoms with Crippen LogP contribution in [0.25, 0.3) is 5.69 Å². The lowest BCUT2D eigenvalue weighted by Gasteiger charge is -2.05. The van der Waals surface area contributed by atoms with Crippen molar-refractivity contribution < 1.29 is 13.2 Å². The highest BCUT2D eigenvalue weighted by atomic mass is 32.2. The summed E-state index contributed by atoms with van der Waals surface area (Å²) in [6, 6.07) is 7.59. The minimum absolute atomic E-state index is 0.0255.